The first-order chi connectivity index (χ1) is 0. The Bertz CT molecular complexity index is 6.85. The zero-order valence-corrected chi connectivity index (χ0v) is 6.30. The minimum Gasteiger partial charge on any atom is -0.412 e. The van der Waals surface area contributed by atoms with Gasteiger partial charge in [-0.1, -0.05) is 0 Å². The Morgan fingerprint density at radius 3 is 0.600 bits per heavy atom. The van der Waals surface area contributed by atoms with Crippen molar-refractivity contribution < 1.29 is 5.48 Å². The molecule has 0 aliphatic carbocycles. The maximum absolute atomic E-state index is 0. The first-order valence-corrected chi connectivity index (χ1v) is 0. The van der Waals surface area contributed by atoms with Crippen LogP contribution in [0, 0.1) is 0 Å². The summed E-state index contributed by atoms with van der Waals surface area (Å²) in [5.41, 5.74) is 0. The summed E-state index contributed by atoms with van der Waals surface area (Å²) in [6, 6.07) is 0. The molecule has 1 unspecified atom stereocenters. The van der Waals surface area contributed by atoms with Crippen molar-refractivity contribution in [2.45, 2.75) is 0 Å². The third-order valence-electron chi connectivity index (χ3n) is 0. The van der Waals surface area contributed by atoms with Gasteiger partial charge in [0.05, 0.1) is 0 Å². The Morgan fingerprint density at radius 1 is 0.600 bits per heavy atom. The van der Waals surface area contributed by atoms with Crippen molar-refractivity contribution in [3.8, 4) is 0 Å². The van der Waals surface area contributed by atoms with E-state index >= 15 is 0 Å². The van der Waals surface area contributed by atoms with Crippen LogP contribution in [0.25, 0.3) is 0 Å². The lowest BCUT2D eigenvalue weighted by molar-refractivity contribution is 0.824. The summed E-state index contributed by atoms with van der Waals surface area (Å²) in [6.45, 7) is 0. The fraction of sp³-hybridized carbons (Fsp3) is 0. The van der Waals surface area contributed by atoms with Crippen LogP contribution in [-0.2, 0) is 0 Å². The minimum atomic E-state index is 0. The normalized spacial score (nSPS) is 0. The van der Waals surface area contributed by atoms with Gasteiger partial charge in [-0.05, 0) is 0 Å². The van der Waals surface area contributed by atoms with E-state index in [-0.39, 0.29) is 52.6 Å². The van der Waals surface area contributed by atoms with Gasteiger partial charge in [0.2, 0.25) is 0 Å². The van der Waals surface area contributed by atoms with Crippen molar-refractivity contribution in [3.63, 3.8) is 0 Å². The molecule has 0 saturated heterocycles. The van der Waals surface area contributed by atoms with Crippen LogP contribution in [0.1, 0.15) is 0 Å². The fourth-order valence-corrected chi connectivity index (χ4v) is 0. The van der Waals surface area contributed by atoms with E-state index in [9.17, 15) is 0 Å². The van der Waals surface area contributed by atoms with Gasteiger partial charge in [0.25, 0.3) is 0 Å². The number of hydrogen-bond acceptors (Lipinski definition) is 0. The second-order valence-electron chi connectivity index (χ2n) is 0. The van der Waals surface area contributed by atoms with Gasteiger partial charge in [0.1, 0.15) is 0 Å². The van der Waals surface area contributed by atoms with Crippen LogP contribution in [0.2, 0.25) is 0 Å². The lowest BCUT2D eigenvalue weighted by Crippen LogP contribution is -0.289. The van der Waals surface area contributed by atoms with Gasteiger partial charge in [-0.2, -0.15) is 9.90 Å². The molecule has 0 aromatic rings. The highest BCUT2D eigenvalue weighted by Crippen LogP contribution is 0.861. The van der Waals surface area contributed by atoms with Crippen LogP contribution in [0.4, 0.5) is 0 Å². The lowest BCUT2D eigenvalue weighted by Gasteiger charge is -0.412. The van der Waals surface area contributed by atoms with Gasteiger partial charge < -0.3 is 5.48 Å². The van der Waals surface area contributed by atoms with E-state index in [2.05, 4.69) is 0 Å². The predicted molar refractivity (Wildman–Crippen MR) is 36.5 cm³/mol. The molecule has 0 amide bonds. The predicted octanol–water partition coefficient (Wildman–Crippen LogP) is 0.499. The molecule has 0 bridgehead atoms. The summed E-state index contributed by atoms with van der Waals surface area (Å²) in [6.07, 6.45) is 0. The maximum atomic E-state index is 0. The minimum absolute atomic E-state index is 0. The summed E-state index contributed by atoms with van der Waals surface area (Å²) in [5.74, 6) is 0. The molecule has 5 heteroatoms. The van der Waals surface area contributed by atoms with Crippen molar-refractivity contribution >= 4 is 47.1 Å². The Balaban J connectivity index is 0. The second-order valence-corrected chi connectivity index (χ2v) is 0. The third-order valence-corrected chi connectivity index (χ3v) is 0. The zero-order valence-electron chi connectivity index (χ0n) is 2.43. The van der Waals surface area contributed by atoms with E-state index in [4.69, 9.17) is 0 Å². The van der Waals surface area contributed by atoms with Crippen LogP contribution in [0.15, 0.2) is 0 Å². The summed E-state index contributed by atoms with van der Waals surface area (Å²) >= 11 is 0. The molecule has 0 spiro atoms. The van der Waals surface area contributed by atoms with Crippen molar-refractivity contribution in [2.75, 3.05) is 0 Å². The van der Waals surface area contributed by atoms with Crippen molar-refractivity contribution in [1.82, 2.24) is 0 Å². The van der Waals surface area contributed by atoms with Crippen molar-refractivity contribution in [2.24, 2.45) is 0 Å². The Labute approximate surface area is 53.1 Å². The van der Waals surface area contributed by atoms with Gasteiger partial charge in [0, 0.05) is 0 Å². The topological polar surface area (TPSA) is 31.5 Å². The van der Waals surface area contributed by atoms with Gasteiger partial charge in [-0.25, -0.2) is 0 Å². The van der Waals surface area contributed by atoms with Gasteiger partial charge in [-0.3, -0.25) is 0 Å². The summed E-state index contributed by atoms with van der Waals surface area (Å²) in [5, 5.41) is 0. The highest BCUT2D eigenvalue weighted by molar-refractivity contribution is 6.92. The monoisotopic (exact) mass is 160 g/mol. The van der Waals surface area contributed by atoms with E-state index in [1.807, 2.05) is 0 Å². The van der Waals surface area contributed by atoms with Crippen LogP contribution in [0.5, 0.6) is 0 Å². The summed E-state index contributed by atoms with van der Waals surface area (Å²) in [7, 11) is 0. The molecule has 0 rings (SSSR count). The van der Waals surface area contributed by atoms with E-state index < -0.39 is 0 Å². The van der Waals surface area contributed by atoms with Gasteiger partial charge >= 0.3 is 0 Å². The summed E-state index contributed by atoms with van der Waals surface area (Å²) in [4.78, 5) is 0. The molecule has 0 radical (unpaired) electrons. The molecule has 40 valence electrons. The first kappa shape index (κ1) is 109. The molecule has 0 saturated carbocycles. The van der Waals surface area contributed by atoms with Gasteiger partial charge in [-0.15, -0.1) is 37.2 Å². The highest BCUT2D eigenvalue weighted by Gasteiger charge is -0.144. The van der Waals surface area contributed by atoms with E-state index in [0.717, 1.165) is 0 Å². The Morgan fingerprint density at radius 2 is 0.600 bits per heavy atom. The average molecular weight is 161 g/mol. The van der Waals surface area contributed by atoms with Crippen LogP contribution in [0.3, 0.4) is 0 Å². The van der Waals surface area contributed by atoms with Crippen LogP contribution < -0.4 is 0 Å². The molecule has 2 N–H and O–H groups in total. The van der Waals surface area contributed by atoms with E-state index in [1.165, 1.54) is 0 Å². The Kier molecular flexibility index (Phi) is 1310. The highest BCUT2D eigenvalue weighted by atomic mass is 35.5. The second kappa shape index (κ2) is 60.1. The number of hydrogen-bond donors (Lipinski definition) is 0. The number of halogens is 3. The molecule has 1 nitrogen and oxygen atoms in total. The average Bonchev–Trinajstić information content (AvgIpc) is 0. The largest absolute Gasteiger partial charge is 0.412 e. The zero-order chi connectivity index (χ0) is 0. The van der Waals surface area contributed by atoms with Crippen LogP contribution in [-0.4, -0.2) is 5.48 Å². The summed E-state index contributed by atoms with van der Waals surface area (Å²) < 4.78 is 0. The maximum Gasteiger partial charge on any atom is -0.147 e. The van der Waals surface area contributed by atoms with Crippen LogP contribution >= 0.6 is 47.1 Å². The van der Waals surface area contributed by atoms with Gasteiger partial charge in [0.15, 0.2) is 0 Å². The standard InChI is InChI=1S/3ClH.H2O.H3P/h3*1H;1H2;1H3. The van der Waals surface area contributed by atoms with Crippen molar-refractivity contribution in [3.05, 3.63) is 0 Å². The molecule has 0 heterocycles. The van der Waals surface area contributed by atoms with Crippen molar-refractivity contribution in [1.29, 1.82) is 0 Å². The molecule has 0 fully saturated rings. The fourth-order valence-electron chi connectivity index (χ4n) is 0. The molecule has 0 aromatic carbocycles. The number of rotatable bonds is 0. The molecule has 0 aromatic heterocycles. The molecule has 0 aliphatic rings. The Hall–Kier alpha value is 1.26. The molecular weight excluding hydrogens is 153 g/mol. The molecule has 1 atom stereocenters. The molecule has 5 heavy (non-hydrogen) atoms. The smallest absolute Gasteiger partial charge is 0.147 e. The molecule has 0 aliphatic heterocycles. The SMILES string of the molecule is Cl.Cl.Cl.O.P. The lowest BCUT2D eigenvalue weighted by atomic mass is 16.0. The first-order valence-electron chi connectivity index (χ1n) is 0. The van der Waals surface area contributed by atoms with E-state index in [0.29, 0.717) is 0 Å². The molecular formula is H8Cl3OP. The van der Waals surface area contributed by atoms with E-state index in [1.54, 1.807) is 0 Å². The third kappa shape index (κ3) is 35.2. The quantitative estimate of drug-likeness (QED) is 0.463.